The van der Waals surface area contributed by atoms with Crippen LogP contribution >= 0.6 is 0 Å². The molecule has 0 saturated heterocycles. The van der Waals surface area contributed by atoms with Crippen LogP contribution in [0.3, 0.4) is 0 Å². The molecule has 0 radical (unpaired) electrons. The number of carbonyl (C=O) groups is 3. The molecular formula is C28H28N2O5. The van der Waals surface area contributed by atoms with Crippen LogP contribution in [0, 0.1) is 0 Å². The van der Waals surface area contributed by atoms with Gasteiger partial charge in [0.1, 0.15) is 18.2 Å². The Balaban J connectivity index is 1.37. The third-order valence-corrected chi connectivity index (χ3v) is 6.21. The molecule has 4 rings (SSSR count). The molecule has 0 heterocycles. The van der Waals surface area contributed by atoms with Crippen LogP contribution in [0.1, 0.15) is 36.5 Å². The summed E-state index contributed by atoms with van der Waals surface area (Å²) in [5.41, 5.74) is 3.81. The van der Waals surface area contributed by atoms with Crippen molar-refractivity contribution >= 4 is 18.0 Å². The average molecular weight is 473 g/mol. The summed E-state index contributed by atoms with van der Waals surface area (Å²) in [5.74, 6) is -1.87. The summed E-state index contributed by atoms with van der Waals surface area (Å²) in [6, 6.07) is 23.9. The highest BCUT2D eigenvalue weighted by molar-refractivity contribution is 5.92. The number of rotatable bonds is 8. The molecule has 0 unspecified atom stereocenters. The summed E-state index contributed by atoms with van der Waals surface area (Å²) in [4.78, 5) is 37.2. The maximum atomic E-state index is 12.8. The predicted molar refractivity (Wildman–Crippen MR) is 132 cm³/mol. The van der Waals surface area contributed by atoms with E-state index in [-0.39, 0.29) is 18.9 Å². The molecular weight excluding hydrogens is 444 g/mol. The van der Waals surface area contributed by atoms with Crippen LogP contribution in [0.15, 0.2) is 78.9 Å². The van der Waals surface area contributed by atoms with Crippen molar-refractivity contribution < 1.29 is 24.2 Å². The van der Waals surface area contributed by atoms with E-state index in [2.05, 4.69) is 22.8 Å². The number of carboxylic acid groups (broad SMARTS) is 1. The zero-order chi connectivity index (χ0) is 25.0. The van der Waals surface area contributed by atoms with Crippen LogP contribution in [0.25, 0.3) is 11.1 Å². The van der Waals surface area contributed by atoms with Crippen LogP contribution in [-0.2, 0) is 20.7 Å². The molecule has 3 aromatic carbocycles. The largest absolute Gasteiger partial charge is 0.480 e. The Morgan fingerprint density at radius 1 is 0.886 bits per heavy atom. The lowest BCUT2D eigenvalue weighted by molar-refractivity contribution is -0.142. The quantitative estimate of drug-likeness (QED) is 0.458. The number of fused-ring (bicyclic) bond motifs is 3. The number of hydrogen-bond donors (Lipinski definition) is 3. The normalized spacial score (nSPS) is 13.3. The first-order valence-electron chi connectivity index (χ1n) is 11.5. The molecule has 0 spiro atoms. The van der Waals surface area contributed by atoms with Crippen LogP contribution in [-0.4, -0.2) is 41.3 Å². The summed E-state index contributed by atoms with van der Waals surface area (Å²) in [7, 11) is 0. The van der Waals surface area contributed by atoms with Gasteiger partial charge in [0.05, 0.1) is 0 Å². The minimum atomic E-state index is -1.38. The number of carbonyl (C=O) groups excluding carboxylic acids is 2. The molecule has 1 aliphatic rings. The fourth-order valence-electron chi connectivity index (χ4n) is 4.33. The molecule has 0 saturated carbocycles. The second-order valence-corrected chi connectivity index (χ2v) is 9.13. The zero-order valence-electron chi connectivity index (χ0n) is 19.7. The monoisotopic (exact) mass is 472 g/mol. The molecule has 7 nitrogen and oxygen atoms in total. The lowest BCUT2D eigenvalue weighted by atomic mass is 9.98. The van der Waals surface area contributed by atoms with Crippen LogP contribution in [0.5, 0.6) is 0 Å². The van der Waals surface area contributed by atoms with Gasteiger partial charge in [0, 0.05) is 12.3 Å². The van der Waals surface area contributed by atoms with Crippen LogP contribution < -0.4 is 10.6 Å². The lowest BCUT2D eigenvalue weighted by Crippen LogP contribution is -2.58. The van der Waals surface area contributed by atoms with Gasteiger partial charge in [-0.2, -0.15) is 0 Å². The van der Waals surface area contributed by atoms with E-state index in [1.165, 1.54) is 13.8 Å². The average Bonchev–Trinajstić information content (AvgIpc) is 3.16. The third kappa shape index (κ3) is 5.35. The van der Waals surface area contributed by atoms with Gasteiger partial charge in [-0.3, -0.25) is 4.79 Å². The second kappa shape index (κ2) is 10.0. The van der Waals surface area contributed by atoms with E-state index in [0.29, 0.717) is 0 Å². The Morgan fingerprint density at radius 2 is 1.43 bits per heavy atom. The lowest BCUT2D eigenvalue weighted by Gasteiger charge is -2.27. The summed E-state index contributed by atoms with van der Waals surface area (Å²) < 4.78 is 5.53. The van der Waals surface area contributed by atoms with Crippen molar-refractivity contribution in [1.29, 1.82) is 0 Å². The van der Waals surface area contributed by atoms with E-state index in [1.807, 2.05) is 42.5 Å². The highest BCUT2D eigenvalue weighted by Gasteiger charge is 2.34. The first-order valence-corrected chi connectivity index (χ1v) is 11.5. The molecule has 7 heteroatoms. The third-order valence-electron chi connectivity index (χ3n) is 6.21. The molecule has 1 atom stereocenters. The van der Waals surface area contributed by atoms with Crippen molar-refractivity contribution in [2.75, 3.05) is 6.61 Å². The number of aliphatic carboxylic acids is 1. The maximum Gasteiger partial charge on any atom is 0.408 e. The van der Waals surface area contributed by atoms with Gasteiger partial charge >= 0.3 is 12.1 Å². The topological polar surface area (TPSA) is 105 Å². The number of carboxylic acids is 1. The fraction of sp³-hybridized carbons (Fsp3) is 0.250. The SMILES string of the molecule is CC(C)(NC(=O)OCC1c2ccccc2-c2ccccc21)C(=O)N[C@H](Cc1ccccc1)C(=O)O. The second-order valence-electron chi connectivity index (χ2n) is 9.13. The van der Waals surface area contributed by atoms with Crippen molar-refractivity contribution in [3.8, 4) is 11.1 Å². The smallest absolute Gasteiger partial charge is 0.408 e. The van der Waals surface area contributed by atoms with Crippen LogP contribution in [0.2, 0.25) is 0 Å². The molecule has 0 fully saturated rings. The van der Waals surface area contributed by atoms with E-state index < -0.39 is 29.6 Å². The molecule has 3 N–H and O–H groups in total. The highest BCUT2D eigenvalue weighted by Crippen LogP contribution is 2.44. The van der Waals surface area contributed by atoms with Gasteiger partial charge in [0.15, 0.2) is 0 Å². The van der Waals surface area contributed by atoms with Crippen LogP contribution in [0.4, 0.5) is 4.79 Å². The molecule has 35 heavy (non-hydrogen) atoms. The minimum absolute atomic E-state index is 0.104. The van der Waals surface area contributed by atoms with Gasteiger partial charge < -0.3 is 20.5 Å². The number of benzene rings is 3. The molecule has 1 aliphatic carbocycles. The van der Waals surface area contributed by atoms with Gasteiger partial charge in [-0.15, -0.1) is 0 Å². The van der Waals surface area contributed by atoms with Gasteiger partial charge in [0.2, 0.25) is 5.91 Å². The Kier molecular flexibility index (Phi) is 6.87. The standard InChI is InChI=1S/C28H28N2O5/c1-28(2,26(33)29-24(25(31)32)16-18-10-4-3-5-11-18)30-27(34)35-17-23-21-14-8-6-12-19(21)20-13-7-9-15-22(20)23/h3-15,23-24H,16-17H2,1-2H3,(H,29,33)(H,30,34)(H,31,32)/t24-/m1/s1. The number of ether oxygens (including phenoxy) is 1. The van der Waals surface area contributed by atoms with Gasteiger partial charge in [-0.25, -0.2) is 9.59 Å². The summed E-state index contributed by atoms with van der Waals surface area (Å²) in [6.07, 6.45) is -0.620. The molecule has 0 aliphatic heterocycles. The van der Waals surface area contributed by atoms with Crippen molar-refractivity contribution in [2.45, 2.75) is 37.8 Å². The summed E-state index contributed by atoms with van der Waals surface area (Å²) in [6.45, 7) is 3.12. The first-order chi connectivity index (χ1) is 16.8. The molecule has 180 valence electrons. The number of hydrogen-bond acceptors (Lipinski definition) is 4. The van der Waals surface area contributed by atoms with E-state index >= 15 is 0 Å². The predicted octanol–water partition coefficient (Wildman–Crippen LogP) is 4.12. The van der Waals surface area contributed by atoms with E-state index in [1.54, 1.807) is 24.3 Å². The number of nitrogens with one attached hydrogen (secondary N) is 2. The van der Waals surface area contributed by atoms with Gasteiger partial charge in [-0.05, 0) is 41.7 Å². The Labute approximate surface area is 204 Å². The molecule has 0 aromatic heterocycles. The first kappa shape index (κ1) is 24.0. The molecule has 3 aromatic rings. The van der Waals surface area contributed by atoms with Gasteiger partial charge in [-0.1, -0.05) is 78.9 Å². The van der Waals surface area contributed by atoms with Crippen molar-refractivity contribution in [2.24, 2.45) is 0 Å². The summed E-state index contributed by atoms with van der Waals surface area (Å²) in [5, 5.41) is 14.7. The summed E-state index contributed by atoms with van der Waals surface area (Å²) >= 11 is 0. The minimum Gasteiger partial charge on any atom is -0.480 e. The molecule has 2 amide bonds. The maximum absolute atomic E-state index is 12.8. The zero-order valence-corrected chi connectivity index (χ0v) is 19.7. The van der Waals surface area contributed by atoms with E-state index in [4.69, 9.17) is 4.74 Å². The van der Waals surface area contributed by atoms with E-state index in [0.717, 1.165) is 27.8 Å². The highest BCUT2D eigenvalue weighted by atomic mass is 16.5. The Morgan fingerprint density at radius 3 is 2.00 bits per heavy atom. The fourth-order valence-corrected chi connectivity index (χ4v) is 4.33. The van der Waals surface area contributed by atoms with Crippen molar-refractivity contribution in [1.82, 2.24) is 10.6 Å². The number of amides is 2. The Bertz CT molecular complexity index is 1190. The molecule has 0 bridgehead atoms. The Hall–Kier alpha value is -4.13. The van der Waals surface area contributed by atoms with Crippen molar-refractivity contribution in [3.63, 3.8) is 0 Å². The van der Waals surface area contributed by atoms with Crippen molar-refractivity contribution in [3.05, 3.63) is 95.6 Å². The van der Waals surface area contributed by atoms with E-state index in [9.17, 15) is 19.5 Å². The van der Waals surface area contributed by atoms with Gasteiger partial charge in [0.25, 0.3) is 0 Å². The number of alkyl carbamates (subject to hydrolysis) is 1.